The second kappa shape index (κ2) is 6.56. The fourth-order valence-electron chi connectivity index (χ4n) is 1.97. The largest absolute Gasteiger partial charge is 0.380 e. The van der Waals surface area contributed by atoms with Crippen molar-refractivity contribution in [3.05, 3.63) is 77.6 Å². The van der Waals surface area contributed by atoms with Crippen LogP contribution >= 0.6 is 11.8 Å². The van der Waals surface area contributed by atoms with Gasteiger partial charge < -0.3 is 10.1 Å². The van der Waals surface area contributed by atoms with Crippen molar-refractivity contribution in [1.29, 1.82) is 0 Å². The van der Waals surface area contributed by atoms with Gasteiger partial charge in [-0.15, -0.1) is 10.2 Å². The molecule has 5 heteroatoms. The second-order valence-electron chi connectivity index (χ2n) is 4.60. The molecule has 0 aliphatic carbocycles. The average molecular weight is 297 g/mol. The summed E-state index contributed by atoms with van der Waals surface area (Å²) in [4.78, 5) is 3.07. The summed E-state index contributed by atoms with van der Waals surface area (Å²) in [6.07, 6.45) is -0.773. The number of thioether (sulfide) groups is 1. The highest BCUT2D eigenvalue weighted by atomic mass is 32.2. The fourth-order valence-corrected chi connectivity index (χ4v) is 2.74. The molecule has 0 unspecified atom stereocenters. The first-order valence-electron chi connectivity index (χ1n) is 6.65. The maximum Gasteiger partial charge on any atom is 0.188 e. The van der Waals surface area contributed by atoms with E-state index in [4.69, 9.17) is 0 Å². The summed E-state index contributed by atoms with van der Waals surface area (Å²) in [7, 11) is 0. The van der Waals surface area contributed by atoms with Gasteiger partial charge in [-0.3, -0.25) is 0 Å². The second-order valence-corrected chi connectivity index (χ2v) is 5.57. The van der Waals surface area contributed by atoms with Crippen molar-refractivity contribution in [1.82, 2.24) is 15.2 Å². The van der Waals surface area contributed by atoms with Crippen LogP contribution in [-0.2, 0) is 5.75 Å². The Morgan fingerprint density at radius 1 is 0.952 bits per heavy atom. The minimum Gasteiger partial charge on any atom is -0.380 e. The van der Waals surface area contributed by atoms with Gasteiger partial charge in [-0.05, 0) is 11.1 Å². The molecule has 3 rings (SSSR count). The Morgan fingerprint density at radius 3 is 2.33 bits per heavy atom. The Labute approximate surface area is 127 Å². The highest BCUT2D eigenvalue weighted by Gasteiger charge is 2.15. The molecular weight excluding hydrogens is 282 g/mol. The van der Waals surface area contributed by atoms with Crippen molar-refractivity contribution in [2.45, 2.75) is 17.0 Å². The molecule has 0 amide bonds. The normalized spacial score (nSPS) is 12.2. The van der Waals surface area contributed by atoms with E-state index in [1.165, 1.54) is 5.56 Å². The maximum atomic E-state index is 10.2. The Kier molecular flexibility index (Phi) is 4.33. The average Bonchev–Trinajstić information content (AvgIpc) is 3.03. The molecule has 1 aromatic heterocycles. The summed E-state index contributed by atoms with van der Waals surface area (Å²) >= 11 is 1.57. The van der Waals surface area contributed by atoms with Gasteiger partial charge in [-0.25, -0.2) is 0 Å². The molecule has 0 bridgehead atoms. The number of nitrogens with zero attached hydrogens (tertiary/aromatic N) is 2. The summed E-state index contributed by atoms with van der Waals surface area (Å²) in [5, 5.41) is 19.1. The lowest BCUT2D eigenvalue weighted by atomic mass is 10.1. The van der Waals surface area contributed by atoms with E-state index in [9.17, 15) is 5.11 Å². The molecule has 1 atom stereocenters. The number of hydrogen-bond acceptors (Lipinski definition) is 4. The Bertz CT molecular complexity index is 685. The third kappa shape index (κ3) is 3.51. The minimum absolute atomic E-state index is 0.469. The molecule has 0 fully saturated rings. The maximum absolute atomic E-state index is 10.2. The van der Waals surface area contributed by atoms with E-state index in [-0.39, 0.29) is 0 Å². The molecule has 2 N–H and O–H groups in total. The van der Waals surface area contributed by atoms with Gasteiger partial charge in [0, 0.05) is 5.75 Å². The SMILES string of the molecule is O[C@@H](c1ccccc1)c1nnc(SCc2ccccc2)[nH]1. The lowest BCUT2D eigenvalue weighted by Crippen LogP contribution is -2.01. The van der Waals surface area contributed by atoms with Gasteiger partial charge in [0.1, 0.15) is 6.10 Å². The Morgan fingerprint density at radius 2 is 1.62 bits per heavy atom. The zero-order valence-corrected chi connectivity index (χ0v) is 12.1. The fraction of sp³-hybridized carbons (Fsp3) is 0.125. The zero-order chi connectivity index (χ0) is 14.5. The molecular formula is C16H15N3OS. The number of aromatic nitrogens is 3. The summed E-state index contributed by atoms with van der Waals surface area (Å²) in [5.41, 5.74) is 2.03. The lowest BCUT2D eigenvalue weighted by molar-refractivity contribution is 0.210. The minimum atomic E-state index is -0.773. The van der Waals surface area contributed by atoms with Gasteiger partial charge in [-0.2, -0.15) is 0 Å². The predicted molar refractivity (Wildman–Crippen MR) is 82.9 cm³/mol. The smallest absolute Gasteiger partial charge is 0.188 e. The molecule has 0 aliphatic rings. The van der Waals surface area contributed by atoms with Gasteiger partial charge in [0.05, 0.1) is 0 Å². The summed E-state index contributed by atoms with van der Waals surface area (Å²) in [6.45, 7) is 0. The Balaban J connectivity index is 1.66. The Hall–Kier alpha value is -2.11. The van der Waals surface area contributed by atoms with E-state index in [1.807, 2.05) is 48.5 Å². The first-order chi connectivity index (χ1) is 10.3. The van der Waals surface area contributed by atoms with E-state index >= 15 is 0 Å². The highest BCUT2D eigenvalue weighted by Crippen LogP contribution is 2.23. The third-order valence-corrected chi connectivity index (χ3v) is 4.01. The molecule has 1 heterocycles. The van der Waals surface area contributed by atoms with Crippen molar-refractivity contribution in [3.8, 4) is 0 Å². The van der Waals surface area contributed by atoms with E-state index in [1.54, 1.807) is 11.8 Å². The summed E-state index contributed by atoms with van der Waals surface area (Å²) in [5.74, 6) is 1.29. The number of aromatic amines is 1. The van der Waals surface area contributed by atoms with Crippen LogP contribution in [0.15, 0.2) is 65.8 Å². The number of H-pyrrole nitrogens is 1. The van der Waals surface area contributed by atoms with Crippen molar-refractivity contribution < 1.29 is 5.11 Å². The van der Waals surface area contributed by atoms with Crippen LogP contribution in [0.25, 0.3) is 0 Å². The van der Waals surface area contributed by atoms with Crippen molar-refractivity contribution >= 4 is 11.8 Å². The third-order valence-electron chi connectivity index (χ3n) is 3.08. The molecule has 0 aliphatic heterocycles. The van der Waals surface area contributed by atoms with Crippen molar-refractivity contribution in [2.24, 2.45) is 0 Å². The quantitative estimate of drug-likeness (QED) is 0.710. The highest BCUT2D eigenvalue weighted by molar-refractivity contribution is 7.98. The number of nitrogens with one attached hydrogen (secondary N) is 1. The number of aliphatic hydroxyl groups excluding tert-OH is 1. The van der Waals surface area contributed by atoms with Crippen LogP contribution in [0.4, 0.5) is 0 Å². The van der Waals surface area contributed by atoms with E-state index in [0.29, 0.717) is 11.0 Å². The molecule has 106 valence electrons. The van der Waals surface area contributed by atoms with Gasteiger partial charge in [0.2, 0.25) is 0 Å². The molecule has 2 aromatic carbocycles. The number of rotatable bonds is 5. The summed E-state index contributed by atoms with van der Waals surface area (Å²) in [6, 6.07) is 19.6. The van der Waals surface area contributed by atoms with Gasteiger partial charge in [0.15, 0.2) is 11.0 Å². The van der Waals surface area contributed by atoms with Crippen LogP contribution in [0.5, 0.6) is 0 Å². The van der Waals surface area contributed by atoms with Gasteiger partial charge in [-0.1, -0.05) is 72.4 Å². The molecule has 0 spiro atoms. The van der Waals surface area contributed by atoms with Crippen LogP contribution in [0.3, 0.4) is 0 Å². The molecule has 0 saturated heterocycles. The molecule has 21 heavy (non-hydrogen) atoms. The molecule has 3 aromatic rings. The number of benzene rings is 2. The lowest BCUT2D eigenvalue weighted by Gasteiger charge is -2.06. The predicted octanol–water partition coefficient (Wildman–Crippen LogP) is 3.18. The van der Waals surface area contributed by atoms with Crippen LogP contribution in [-0.4, -0.2) is 20.3 Å². The van der Waals surface area contributed by atoms with Gasteiger partial charge >= 0.3 is 0 Å². The van der Waals surface area contributed by atoms with E-state index < -0.39 is 6.10 Å². The van der Waals surface area contributed by atoms with Crippen LogP contribution in [0.1, 0.15) is 23.1 Å². The molecule has 0 saturated carbocycles. The van der Waals surface area contributed by atoms with Crippen LogP contribution < -0.4 is 0 Å². The van der Waals surface area contributed by atoms with Crippen molar-refractivity contribution in [2.75, 3.05) is 0 Å². The van der Waals surface area contributed by atoms with E-state index in [0.717, 1.165) is 11.3 Å². The van der Waals surface area contributed by atoms with Crippen LogP contribution in [0, 0.1) is 0 Å². The summed E-state index contributed by atoms with van der Waals surface area (Å²) < 4.78 is 0. The molecule has 0 radical (unpaired) electrons. The first-order valence-corrected chi connectivity index (χ1v) is 7.64. The topological polar surface area (TPSA) is 61.8 Å². The van der Waals surface area contributed by atoms with Crippen molar-refractivity contribution in [3.63, 3.8) is 0 Å². The number of aliphatic hydroxyl groups is 1. The van der Waals surface area contributed by atoms with Crippen LogP contribution in [0.2, 0.25) is 0 Å². The van der Waals surface area contributed by atoms with E-state index in [2.05, 4.69) is 27.3 Å². The first kappa shape index (κ1) is 13.9. The molecule has 4 nitrogen and oxygen atoms in total. The van der Waals surface area contributed by atoms with Gasteiger partial charge in [0.25, 0.3) is 0 Å². The monoisotopic (exact) mass is 297 g/mol. The number of hydrogen-bond donors (Lipinski definition) is 2. The standard InChI is InChI=1S/C16H15N3OS/c20-14(13-9-5-2-6-10-13)15-17-16(19-18-15)21-11-12-7-3-1-4-8-12/h1-10,14,20H,11H2,(H,17,18,19)/t14-/m0/s1. The zero-order valence-electron chi connectivity index (χ0n) is 11.3.